The normalized spacial score (nSPS) is 3.75. The van der Waals surface area contributed by atoms with E-state index in [9.17, 15) is 0 Å². The summed E-state index contributed by atoms with van der Waals surface area (Å²) in [6.07, 6.45) is 0. The minimum atomic E-state index is -4.47. The van der Waals surface area contributed by atoms with Gasteiger partial charge in [0.25, 0.3) is 0 Å². The third kappa shape index (κ3) is 18.7. The van der Waals surface area contributed by atoms with Gasteiger partial charge in [0.05, 0.1) is 0 Å². The van der Waals surface area contributed by atoms with Crippen LogP contribution in [0.25, 0.3) is 0 Å². The molecule has 0 aliphatic heterocycles. The van der Waals surface area contributed by atoms with E-state index < -0.39 is 30.2 Å². The van der Waals surface area contributed by atoms with Gasteiger partial charge in [-0.3, -0.25) is 0 Å². The Kier molecular flexibility index (Phi) is 2.15. The van der Waals surface area contributed by atoms with Crippen molar-refractivity contribution in [2.75, 3.05) is 0 Å². The molecule has 21 valence electrons. The molecule has 4 heavy (non-hydrogen) atoms. The van der Waals surface area contributed by atoms with Crippen molar-refractivity contribution < 1.29 is 35.3 Å². The second kappa shape index (κ2) is 1.87. The predicted octanol–water partition coefficient (Wildman–Crippen LogP) is -0.356. The van der Waals surface area contributed by atoms with E-state index in [4.69, 9.17) is 5.09 Å². The van der Waals surface area contributed by atoms with Gasteiger partial charge in [0, 0.05) is 0 Å². The molecule has 0 rings (SSSR count). The zero-order chi connectivity index (χ0) is 3.58. The van der Waals surface area contributed by atoms with Crippen LogP contribution in [0.5, 0.6) is 0 Å². The molecule has 0 aromatic rings. The van der Waals surface area contributed by atoms with Crippen LogP contribution in [0, 0.1) is 30.2 Å². The summed E-state index contributed by atoms with van der Waals surface area (Å²) in [5.74, 6) is 0. The summed E-state index contributed by atoms with van der Waals surface area (Å²) < 4.78 is 25.9. The molecule has 0 unspecified atom stereocenters. The SMILES string of the molecule is [O]=[La](=[O])=[O]. The van der Waals surface area contributed by atoms with E-state index in [2.05, 4.69) is 0 Å². The number of rotatable bonds is 0. The fourth-order valence-electron chi connectivity index (χ4n) is 0. The molecule has 0 fully saturated rings. The van der Waals surface area contributed by atoms with Crippen molar-refractivity contribution >= 4 is 0 Å². The summed E-state index contributed by atoms with van der Waals surface area (Å²) in [5, 5.41) is 0. The van der Waals surface area contributed by atoms with E-state index in [-0.39, 0.29) is 0 Å². The third-order valence-corrected chi connectivity index (χ3v) is 0. The van der Waals surface area contributed by atoms with E-state index in [1.807, 2.05) is 0 Å². The molecule has 0 spiro atoms. The third-order valence-electron chi connectivity index (χ3n) is 0. The molecule has 0 N–H and O–H groups in total. The van der Waals surface area contributed by atoms with Crippen LogP contribution in [0.1, 0.15) is 0 Å². The molecule has 0 amide bonds. The van der Waals surface area contributed by atoms with Gasteiger partial charge >= 0.3 is 35.3 Å². The quantitative estimate of drug-likeness (QED) is 0.520. The van der Waals surface area contributed by atoms with Crippen molar-refractivity contribution in [3.63, 3.8) is 0 Å². The van der Waals surface area contributed by atoms with Crippen molar-refractivity contribution in [2.45, 2.75) is 0 Å². The summed E-state index contributed by atoms with van der Waals surface area (Å²) in [4.78, 5) is 0. The molecule has 4 heteroatoms. The van der Waals surface area contributed by atoms with E-state index in [0.29, 0.717) is 0 Å². The first-order valence-electron chi connectivity index (χ1n) is 0.707. The van der Waals surface area contributed by atoms with Crippen LogP contribution in [0.15, 0.2) is 0 Å². The molecule has 0 saturated carbocycles. The Morgan fingerprint density at radius 2 is 1.00 bits per heavy atom. The molecule has 0 aromatic carbocycles. The van der Waals surface area contributed by atoms with Gasteiger partial charge in [0.1, 0.15) is 0 Å². The van der Waals surface area contributed by atoms with Crippen molar-refractivity contribution in [1.29, 1.82) is 0 Å². The summed E-state index contributed by atoms with van der Waals surface area (Å²) in [6, 6.07) is 0. The molecular formula is LaO3. The van der Waals surface area contributed by atoms with Crippen LogP contribution in [-0.4, -0.2) is 0 Å². The molecule has 3 nitrogen and oxygen atoms in total. The van der Waals surface area contributed by atoms with Gasteiger partial charge in [-0.25, -0.2) is 0 Å². The molecule has 0 aromatic heterocycles. The van der Waals surface area contributed by atoms with Crippen LogP contribution >= 0.6 is 0 Å². The van der Waals surface area contributed by atoms with Gasteiger partial charge in [-0.1, -0.05) is 0 Å². The van der Waals surface area contributed by atoms with Gasteiger partial charge in [-0.15, -0.1) is 0 Å². The van der Waals surface area contributed by atoms with Gasteiger partial charge in [-0.05, 0) is 0 Å². The first kappa shape index (κ1) is 4.59. The Bertz CT molecular complexity index is 72.7. The summed E-state index contributed by atoms with van der Waals surface area (Å²) in [5.41, 5.74) is 0. The van der Waals surface area contributed by atoms with Crippen LogP contribution < -0.4 is 0 Å². The Labute approximate surface area is 35.2 Å². The maximum atomic E-state index is 8.64. The summed E-state index contributed by atoms with van der Waals surface area (Å²) in [7, 11) is 0. The standard InChI is InChI=1S/La.3O. The molecule has 0 bridgehead atoms. The second-order valence-corrected chi connectivity index (χ2v) is 2.10. The van der Waals surface area contributed by atoms with Crippen molar-refractivity contribution in [3.05, 3.63) is 0 Å². The Morgan fingerprint density at radius 1 is 1.00 bits per heavy atom. The monoisotopic (exact) mass is 187 g/mol. The van der Waals surface area contributed by atoms with Crippen molar-refractivity contribution in [1.82, 2.24) is 0 Å². The van der Waals surface area contributed by atoms with Crippen LogP contribution in [0.4, 0.5) is 0 Å². The zero-order valence-electron chi connectivity index (χ0n) is 1.80. The first-order chi connectivity index (χ1) is 1.73. The number of hydrogen-bond acceptors (Lipinski definition) is 3. The van der Waals surface area contributed by atoms with E-state index >= 15 is 0 Å². The van der Waals surface area contributed by atoms with Crippen molar-refractivity contribution in [2.24, 2.45) is 0 Å². The second-order valence-electron chi connectivity index (χ2n) is 0.289. The van der Waals surface area contributed by atoms with Crippen molar-refractivity contribution in [3.8, 4) is 0 Å². The molecular weight excluding hydrogens is 187 g/mol. The average Bonchev–Trinajstić information content (AvgIpc) is 0.811. The fraction of sp³-hybridized carbons (Fsp3) is 0. The van der Waals surface area contributed by atoms with Gasteiger partial charge in [-0.2, -0.15) is 0 Å². The molecule has 0 aliphatic carbocycles. The molecule has 0 atom stereocenters. The van der Waals surface area contributed by atoms with E-state index in [1.54, 1.807) is 0 Å². The van der Waals surface area contributed by atoms with Crippen LogP contribution in [-0.2, 0) is 5.09 Å². The van der Waals surface area contributed by atoms with Gasteiger partial charge in [0.15, 0.2) is 0 Å². The summed E-state index contributed by atoms with van der Waals surface area (Å²) in [6.45, 7) is 0. The minimum absolute atomic E-state index is 4.47. The van der Waals surface area contributed by atoms with Gasteiger partial charge < -0.3 is 0 Å². The maximum absolute atomic E-state index is 8.64. The molecule has 0 aliphatic rings. The number of hydrogen-bond donors (Lipinski definition) is 0. The Balaban J connectivity index is 4.65. The molecule has 0 heterocycles. The average molecular weight is 187 g/mol. The van der Waals surface area contributed by atoms with E-state index in [0.717, 1.165) is 0 Å². The Hall–Kier alpha value is 0.595. The molecule has 0 saturated heterocycles. The topological polar surface area (TPSA) is 51.2 Å². The summed E-state index contributed by atoms with van der Waals surface area (Å²) >= 11 is -4.47. The molecule has 0 radical (unpaired) electrons. The Morgan fingerprint density at radius 3 is 1.00 bits per heavy atom. The zero-order valence-corrected chi connectivity index (χ0v) is 5.43. The van der Waals surface area contributed by atoms with E-state index in [1.165, 1.54) is 0 Å². The van der Waals surface area contributed by atoms with Gasteiger partial charge in [0.2, 0.25) is 0 Å². The van der Waals surface area contributed by atoms with Crippen LogP contribution in [0.2, 0.25) is 0 Å². The van der Waals surface area contributed by atoms with Crippen LogP contribution in [0.3, 0.4) is 0 Å². The predicted molar refractivity (Wildman–Crippen MR) is 2.06 cm³/mol. The fourth-order valence-corrected chi connectivity index (χ4v) is 0. The first-order valence-corrected chi connectivity index (χ1v) is 5.15.